The van der Waals surface area contributed by atoms with E-state index in [0.717, 1.165) is 22.7 Å². The predicted molar refractivity (Wildman–Crippen MR) is 142 cm³/mol. The Bertz CT molecular complexity index is 1580. The number of methoxy groups -OCH3 is 1. The largest absolute Gasteiger partial charge is 0.495 e. The number of nitrogens with one attached hydrogen (secondary N) is 1. The number of ether oxygens (including phenoxy) is 1. The molecule has 0 saturated heterocycles. The Morgan fingerprint density at radius 3 is 2.49 bits per heavy atom. The van der Waals surface area contributed by atoms with Crippen molar-refractivity contribution in [3.8, 4) is 16.3 Å². The van der Waals surface area contributed by atoms with Crippen molar-refractivity contribution in [2.24, 2.45) is 0 Å². The van der Waals surface area contributed by atoms with Gasteiger partial charge >= 0.3 is 5.97 Å². The van der Waals surface area contributed by atoms with E-state index in [1.165, 1.54) is 68.2 Å². The molecule has 192 valence electrons. The summed E-state index contributed by atoms with van der Waals surface area (Å²) in [6, 6.07) is 14.8. The zero-order valence-corrected chi connectivity index (χ0v) is 21.7. The third kappa shape index (κ3) is 5.17. The van der Waals surface area contributed by atoms with Crippen LogP contribution in [0.15, 0.2) is 59.5 Å². The van der Waals surface area contributed by atoms with Crippen LogP contribution in [-0.4, -0.2) is 31.6 Å². The second-order valence-electron chi connectivity index (χ2n) is 9.05. The summed E-state index contributed by atoms with van der Waals surface area (Å²) in [6.07, 6.45) is 6.33. The van der Waals surface area contributed by atoms with Crippen molar-refractivity contribution in [2.75, 3.05) is 11.8 Å². The van der Waals surface area contributed by atoms with Crippen molar-refractivity contribution in [3.63, 3.8) is 0 Å². The SMILES string of the molecule is COc1cc(C(=O)O)c(F)cc1NS(=O)(=O)c1ccc2nc(-c3ccc(C4CCCCC4)cc3)sc2c1. The number of carboxylic acids is 1. The second kappa shape index (κ2) is 10.1. The molecule has 2 N–H and O–H groups in total. The van der Waals surface area contributed by atoms with Crippen LogP contribution in [0.25, 0.3) is 20.8 Å². The molecule has 0 unspecified atom stereocenters. The highest BCUT2D eigenvalue weighted by atomic mass is 32.2. The highest BCUT2D eigenvalue weighted by Crippen LogP contribution is 2.36. The molecule has 1 fully saturated rings. The van der Waals surface area contributed by atoms with E-state index in [2.05, 4.69) is 34.0 Å². The lowest BCUT2D eigenvalue weighted by Crippen LogP contribution is -2.14. The minimum Gasteiger partial charge on any atom is -0.495 e. The topological polar surface area (TPSA) is 106 Å². The molecule has 3 aromatic carbocycles. The van der Waals surface area contributed by atoms with Gasteiger partial charge in [0.05, 0.1) is 33.5 Å². The number of anilines is 1. The monoisotopic (exact) mass is 540 g/mol. The molecule has 1 saturated carbocycles. The first kappa shape index (κ1) is 25.2. The molecule has 4 aromatic rings. The number of thiazole rings is 1. The van der Waals surface area contributed by atoms with E-state index in [0.29, 0.717) is 16.1 Å². The fourth-order valence-corrected chi connectivity index (χ4v) is 6.87. The molecule has 0 aliphatic heterocycles. The summed E-state index contributed by atoms with van der Waals surface area (Å²) in [7, 11) is -2.89. The minimum atomic E-state index is -4.13. The lowest BCUT2D eigenvalue weighted by atomic mass is 9.84. The van der Waals surface area contributed by atoms with E-state index in [1.54, 1.807) is 6.07 Å². The Hall–Kier alpha value is -3.50. The average Bonchev–Trinajstić information content (AvgIpc) is 3.33. The summed E-state index contributed by atoms with van der Waals surface area (Å²) >= 11 is 1.39. The molecular formula is C27H25FN2O5S2. The fraction of sp³-hybridized carbons (Fsp3) is 0.259. The van der Waals surface area contributed by atoms with E-state index in [9.17, 15) is 17.6 Å². The van der Waals surface area contributed by atoms with Gasteiger partial charge in [-0.25, -0.2) is 22.6 Å². The number of benzene rings is 3. The minimum absolute atomic E-state index is 0.0346. The number of hydrogen-bond acceptors (Lipinski definition) is 6. The molecule has 0 bridgehead atoms. The Labute approximate surface area is 218 Å². The number of carbonyl (C=O) groups is 1. The van der Waals surface area contributed by atoms with Gasteiger partial charge in [0.1, 0.15) is 16.6 Å². The quantitative estimate of drug-likeness (QED) is 0.272. The van der Waals surface area contributed by atoms with Crippen LogP contribution in [0.4, 0.5) is 10.1 Å². The first-order valence-electron chi connectivity index (χ1n) is 11.9. The van der Waals surface area contributed by atoms with Crippen LogP contribution < -0.4 is 9.46 Å². The fourth-order valence-electron chi connectivity index (χ4n) is 4.70. The van der Waals surface area contributed by atoms with E-state index < -0.39 is 27.4 Å². The van der Waals surface area contributed by atoms with Crippen molar-refractivity contribution < 1.29 is 27.4 Å². The highest BCUT2D eigenvalue weighted by molar-refractivity contribution is 7.92. The maximum atomic E-state index is 14.2. The maximum Gasteiger partial charge on any atom is 0.338 e. The number of halogens is 1. The smallest absolute Gasteiger partial charge is 0.338 e. The third-order valence-electron chi connectivity index (χ3n) is 6.67. The summed E-state index contributed by atoms with van der Waals surface area (Å²) < 4.78 is 48.5. The van der Waals surface area contributed by atoms with Crippen molar-refractivity contribution in [1.29, 1.82) is 0 Å². The van der Waals surface area contributed by atoms with Crippen LogP contribution in [0.1, 0.15) is 53.9 Å². The van der Waals surface area contributed by atoms with Gasteiger partial charge in [0.25, 0.3) is 10.0 Å². The summed E-state index contributed by atoms with van der Waals surface area (Å²) in [5, 5.41) is 9.90. The highest BCUT2D eigenvalue weighted by Gasteiger charge is 2.22. The third-order valence-corrected chi connectivity index (χ3v) is 9.10. The predicted octanol–water partition coefficient (Wildman–Crippen LogP) is 6.66. The number of nitrogens with zero attached hydrogens (tertiary/aromatic N) is 1. The Morgan fingerprint density at radius 1 is 1.08 bits per heavy atom. The normalized spacial score (nSPS) is 14.5. The molecule has 1 aliphatic carbocycles. The number of sulfonamides is 1. The first-order chi connectivity index (χ1) is 17.7. The van der Waals surface area contributed by atoms with Crippen molar-refractivity contribution >= 4 is 43.2 Å². The first-order valence-corrected chi connectivity index (χ1v) is 14.2. The lowest BCUT2D eigenvalue weighted by Gasteiger charge is -2.21. The Kier molecular flexibility index (Phi) is 6.87. The standard InChI is InChI=1S/C27H25FN2O5S2/c1-35-24-14-20(27(31)32)21(28)15-23(24)30-37(33,34)19-11-12-22-25(13-19)36-26(29-22)18-9-7-17(8-10-18)16-5-3-2-4-6-16/h7-16,30H,2-6H2,1H3,(H,31,32). The van der Waals surface area contributed by atoms with Gasteiger partial charge in [-0.1, -0.05) is 43.5 Å². The lowest BCUT2D eigenvalue weighted by molar-refractivity contribution is 0.0691. The molecule has 1 aromatic heterocycles. The molecular weight excluding hydrogens is 515 g/mol. The van der Waals surface area contributed by atoms with E-state index in [-0.39, 0.29) is 16.3 Å². The summed E-state index contributed by atoms with van der Waals surface area (Å²) in [4.78, 5) is 15.8. The number of carboxylic acid groups (broad SMARTS) is 1. The zero-order chi connectivity index (χ0) is 26.2. The Morgan fingerprint density at radius 2 is 1.81 bits per heavy atom. The molecule has 0 atom stereocenters. The van der Waals surface area contributed by atoms with Gasteiger partial charge in [-0.2, -0.15) is 0 Å². The maximum absolute atomic E-state index is 14.2. The van der Waals surface area contributed by atoms with Crippen LogP contribution in [0.3, 0.4) is 0 Å². The van der Waals surface area contributed by atoms with Crippen LogP contribution >= 0.6 is 11.3 Å². The van der Waals surface area contributed by atoms with E-state index in [4.69, 9.17) is 9.84 Å². The van der Waals surface area contributed by atoms with Gasteiger partial charge in [0, 0.05) is 11.6 Å². The van der Waals surface area contributed by atoms with Crippen LogP contribution in [0, 0.1) is 5.82 Å². The van der Waals surface area contributed by atoms with Gasteiger partial charge in [0.2, 0.25) is 0 Å². The number of fused-ring (bicyclic) bond motifs is 1. The molecule has 1 aliphatic rings. The molecule has 7 nitrogen and oxygen atoms in total. The number of rotatable bonds is 7. The van der Waals surface area contributed by atoms with Gasteiger partial charge in [-0.05, 0) is 48.6 Å². The number of aromatic nitrogens is 1. The molecule has 10 heteroatoms. The van der Waals surface area contributed by atoms with E-state index in [1.807, 2.05) is 0 Å². The van der Waals surface area contributed by atoms with Gasteiger partial charge in [-0.15, -0.1) is 11.3 Å². The average molecular weight is 541 g/mol. The summed E-state index contributed by atoms with van der Waals surface area (Å²) in [5.74, 6) is -2.06. The number of hydrogen-bond donors (Lipinski definition) is 2. The van der Waals surface area contributed by atoms with Crippen LogP contribution in [0.2, 0.25) is 0 Å². The second-order valence-corrected chi connectivity index (χ2v) is 11.8. The van der Waals surface area contributed by atoms with Gasteiger partial charge in [0.15, 0.2) is 0 Å². The molecule has 1 heterocycles. The van der Waals surface area contributed by atoms with Gasteiger partial charge < -0.3 is 9.84 Å². The van der Waals surface area contributed by atoms with Crippen molar-refractivity contribution in [2.45, 2.75) is 42.9 Å². The molecule has 5 rings (SSSR count). The van der Waals surface area contributed by atoms with Crippen molar-refractivity contribution in [1.82, 2.24) is 4.98 Å². The summed E-state index contributed by atoms with van der Waals surface area (Å²) in [5.41, 5.74) is 2.18. The van der Waals surface area contributed by atoms with Gasteiger partial charge in [-0.3, -0.25) is 4.72 Å². The van der Waals surface area contributed by atoms with Crippen LogP contribution in [0.5, 0.6) is 5.75 Å². The zero-order valence-electron chi connectivity index (χ0n) is 20.0. The molecule has 37 heavy (non-hydrogen) atoms. The molecule has 0 radical (unpaired) electrons. The van der Waals surface area contributed by atoms with Crippen LogP contribution in [-0.2, 0) is 10.0 Å². The number of aromatic carboxylic acids is 1. The molecule has 0 spiro atoms. The molecule has 0 amide bonds. The van der Waals surface area contributed by atoms with E-state index >= 15 is 0 Å². The van der Waals surface area contributed by atoms with Crippen molar-refractivity contribution in [3.05, 3.63) is 71.5 Å². The summed E-state index contributed by atoms with van der Waals surface area (Å²) in [6.45, 7) is 0. The Balaban J connectivity index is 1.41.